The monoisotopic (exact) mass is 184 g/mol. The van der Waals surface area contributed by atoms with Gasteiger partial charge in [-0.15, -0.1) is 0 Å². The molecule has 0 aromatic carbocycles. The van der Waals surface area contributed by atoms with Gasteiger partial charge in [-0.3, -0.25) is 0 Å². The van der Waals surface area contributed by atoms with E-state index < -0.39 is 0 Å². The van der Waals surface area contributed by atoms with Gasteiger partial charge >= 0.3 is 0 Å². The second kappa shape index (κ2) is 3.58. The predicted molar refractivity (Wildman–Crippen MR) is 51.5 cm³/mol. The second-order valence-electron chi connectivity index (χ2n) is 4.42. The van der Waals surface area contributed by atoms with Crippen LogP contribution in [-0.2, 0) is 9.47 Å². The minimum absolute atomic E-state index is 0.182. The Labute approximate surface area is 80.6 Å². The van der Waals surface area contributed by atoms with Crippen LogP contribution < -0.4 is 0 Å². The third-order valence-corrected chi connectivity index (χ3v) is 3.27. The highest BCUT2D eigenvalue weighted by atomic mass is 16.7. The standard InChI is InChI=1S/C11H20O2/c1-3-10-5-4-7-11(13-10)8-6-9(2)12-11/h9-10H,3-8H2,1-2H3/t9-,10?,11?/m1/s1. The second-order valence-corrected chi connectivity index (χ2v) is 4.42. The first-order valence-electron chi connectivity index (χ1n) is 5.60. The van der Waals surface area contributed by atoms with Gasteiger partial charge in [-0.25, -0.2) is 0 Å². The average molecular weight is 184 g/mol. The molecule has 2 unspecified atom stereocenters. The zero-order valence-corrected chi connectivity index (χ0v) is 8.71. The molecule has 2 saturated heterocycles. The molecule has 2 fully saturated rings. The normalized spacial score (nSPS) is 45.7. The van der Waals surface area contributed by atoms with Crippen LogP contribution >= 0.6 is 0 Å². The van der Waals surface area contributed by atoms with Crippen molar-refractivity contribution < 1.29 is 9.47 Å². The van der Waals surface area contributed by atoms with Crippen LogP contribution in [0, 0.1) is 0 Å². The summed E-state index contributed by atoms with van der Waals surface area (Å²) in [6, 6.07) is 0. The van der Waals surface area contributed by atoms with Gasteiger partial charge in [0.1, 0.15) is 0 Å². The van der Waals surface area contributed by atoms with E-state index in [1.165, 1.54) is 12.8 Å². The minimum Gasteiger partial charge on any atom is -0.347 e. The lowest BCUT2D eigenvalue weighted by atomic mass is 9.98. The van der Waals surface area contributed by atoms with Crippen LogP contribution in [0.2, 0.25) is 0 Å². The molecule has 0 radical (unpaired) electrons. The van der Waals surface area contributed by atoms with Gasteiger partial charge in [-0.05, 0) is 32.6 Å². The van der Waals surface area contributed by atoms with E-state index in [1.54, 1.807) is 0 Å². The van der Waals surface area contributed by atoms with Crippen LogP contribution in [0.15, 0.2) is 0 Å². The summed E-state index contributed by atoms with van der Waals surface area (Å²) >= 11 is 0. The SMILES string of the molecule is CCC1CCCC2(CC[C@@H](C)O2)O1. The quantitative estimate of drug-likeness (QED) is 0.624. The Hall–Kier alpha value is -0.0800. The third kappa shape index (κ3) is 1.89. The Kier molecular flexibility index (Phi) is 2.61. The van der Waals surface area contributed by atoms with E-state index in [1.807, 2.05) is 0 Å². The molecule has 3 atom stereocenters. The van der Waals surface area contributed by atoms with Crippen LogP contribution in [0.3, 0.4) is 0 Å². The summed E-state index contributed by atoms with van der Waals surface area (Å²) in [6.45, 7) is 4.34. The molecule has 2 nitrogen and oxygen atoms in total. The summed E-state index contributed by atoms with van der Waals surface area (Å²) in [4.78, 5) is 0. The van der Waals surface area contributed by atoms with Crippen molar-refractivity contribution in [2.24, 2.45) is 0 Å². The van der Waals surface area contributed by atoms with E-state index >= 15 is 0 Å². The molecule has 0 amide bonds. The van der Waals surface area contributed by atoms with Crippen LogP contribution in [0.4, 0.5) is 0 Å². The van der Waals surface area contributed by atoms with E-state index in [2.05, 4.69) is 13.8 Å². The highest BCUT2D eigenvalue weighted by molar-refractivity contribution is 4.84. The molecule has 1 spiro atoms. The lowest BCUT2D eigenvalue weighted by Crippen LogP contribution is -2.40. The molecule has 0 aromatic heterocycles. The number of hydrogen-bond donors (Lipinski definition) is 0. The molecule has 0 N–H and O–H groups in total. The Bertz CT molecular complexity index is 177. The van der Waals surface area contributed by atoms with Crippen molar-refractivity contribution in [1.29, 1.82) is 0 Å². The molecule has 0 saturated carbocycles. The van der Waals surface area contributed by atoms with Crippen molar-refractivity contribution >= 4 is 0 Å². The fourth-order valence-corrected chi connectivity index (χ4v) is 2.49. The van der Waals surface area contributed by atoms with Gasteiger partial charge in [-0.2, -0.15) is 0 Å². The van der Waals surface area contributed by atoms with Crippen LogP contribution in [0.1, 0.15) is 52.4 Å². The molecule has 2 aliphatic heterocycles. The van der Waals surface area contributed by atoms with Gasteiger partial charge < -0.3 is 9.47 Å². The van der Waals surface area contributed by atoms with Crippen molar-refractivity contribution in [2.75, 3.05) is 0 Å². The molecule has 13 heavy (non-hydrogen) atoms. The highest BCUT2D eigenvalue weighted by Gasteiger charge is 2.43. The van der Waals surface area contributed by atoms with Gasteiger partial charge in [0.15, 0.2) is 5.79 Å². The van der Waals surface area contributed by atoms with Gasteiger partial charge in [0.25, 0.3) is 0 Å². The molecule has 0 bridgehead atoms. The Balaban J connectivity index is 1.98. The summed E-state index contributed by atoms with van der Waals surface area (Å²) in [5, 5.41) is 0. The molecule has 2 heterocycles. The largest absolute Gasteiger partial charge is 0.347 e. The molecule has 2 rings (SSSR count). The zero-order valence-electron chi connectivity index (χ0n) is 8.71. The topological polar surface area (TPSA) is 18.5 Å². The van der Waals surface area contributed by atoms with Gasteiger partial charge in [0.05, 0.1) is 12.2 Å². The van der Waals surface area contributed by atoms with E-state index in [0.717, 1.165) is 25.7 Å². The van der Waals surface area contributed by atoms with E-state index in [4.69, 9.17) is 9.47 Å². The van der Waals surface area contributed by atoms with E-state index in [-0.39, 0.29) is 5.79 Å². The Morgan fingerprint density at radius 2 is 2.08 bits per heavy atom. The maximum atomic E-state index is 6.03. The Morgan fingerprint density at radius 1 is 1.23 bits per heavy atom. The number of ether oxygens (including phenoxy) is 2. The maximum absolute atomic E-state index is 6.03. The first-order chi connectivity index (χ1) is 6.24. The van der Waals surface area contributed by atoms with E-state index in [0.29, 0.717) is 12.2 Å². The summed E-state index contributed by atoms with van der Waals surface area (Å²) in [5.41, 5.74) is 0. The molecular weight excluding hydrogens is 164 g/mol. The smallest absolute Gasteiger partial charge is 0.169 e. The summed E-state index contributed by atoms with van der Waals surface area (Å²) in [6.07, 6.45) is 7.82. The summed E-state index contributed by atoms with van der Waals surface area (Å²) < 4.78 is 11.9. The number of rotatable bonds is 1. The van der Waals surface area contributed by atoms with Gasteiger partial charge in [-0.1, -0.05) is 6.92 Å². The van der Waals surface area contributed by atoms with Crippen molar-refractivity contribution in [3.8, 4) is 0 Å². The molecule has 2 heteroatoms. The molecule has 2 aliphatic rings. The lowest BCUT2D eigenvalue weighted by Gasteiger charge is -2.37. The van der Waals surface area contributed by atoms with Gasteiger partial charge in [0, 0.05) is 12.8 Å². The van der Waals surface area contributed by atoms with Crippen molar-refractivity contribution in [3.63, 3.8) is 0 Å². The molecule has 0 aromatic rings. The highest BCUT2D eigenvalue weighted by Crippen LogP contribution is 2.40. The third-order valence-electron chi connectivity index (χ3n) is 3.27. The molecule has 76 valence electrons. The fraction of sp³-hybridized carbons (Fsp3) is 1.00. The maximum Gasteiger partial charge on any atom is 0.169 e. The lowest BCUT2D eigenvalue weighted by molar-refractivity contribution is -0.268. The minimum atomic E-state index is -0.182. The average Bonchev–Trinajstić information content (AvgIpc) is 2.47. The van der Waals surface area contributed by atoms with Crippen molar-refractivity contribution in [1.82, 2.24) is 0 Å². The van der Waals surface area contributed by atoms with Crippen molar-refractivity contribution in [2.45, 2.75) is 70.4 Å². The summed E-state index contributed by atoms with van der Waals surface area (Å²) in [7, 11) is 0. The van der Waals surface area contributed by atoms with Gasteiger partial charge in [0.2, 0.25) is 0 Å². The molecular formula is C11H20O2. The summed E-state index contributed by atoms with van der Waals surface area (Å²) in [5.74, 6) is -0.182. The zero-order chi connectivity index (χ0) is 9.31. The first kappa shape index (κ1) is 9.47. The van der Waals surface area contributed by atoms with Crippen LogP contribution in [0.5, 0.6) is 0 Å². The van der Waals surface area contributed by atoms with Crippen molar-refractivity contribution in [3.05, 3.63) is 0 Å². The fourth-order valence-electron chi connectivity index (χ4n) is 2.49. The Morgan fingerprint density at radius 3 is 2.69 bits per heavy atom. The van der Waals surface area contributed by atoms with Crippen LogP contribution in [0.25, 0.3) is 0 Å². The van der Waals surface area contributed by atoms with Crippen LogP contribution in [-0.4, -0.2) is 18.0 Å². The van der Waals surface area contributed by atoms with E-state index in [9.17, 15) is 0 Å². The first-order valence-corrected chi connectivity index (χ1v) is 5.60. The molecule has 0 aliphatic carbocycles. The number of hydrogen-bond acceptors (Lipinski definition) is 2. The predicted octanol–water partition coefficient (Wildman–Crippen LogP) is 2.86.